The molecular formula is C9H11N2O2+. The van der Waals surface area contributed by atoms with E-state index in [4.69, 9.17) is 0 Å². The van der Waals surface area contributed by atoms with E-state index in [0.717, 1.165) is 5.56 Å². The largest absolute Gasteiger partial charge is 0.331 e. The highest BCUT2D eigenvalue weighted by molar-refractivity contribution is 5.79. The van der Waals surface area contributed by atoms with Gasteiger partial charge in [0, 0.05) is 24.6 Å². The van der Waals surface area contributed by atoms with Crippen molar-refractivity contribution in [1.82, 2.24) is 0 Å². The van der Waals surface area contributed by atoms with Gasteiger partial charge in [-0.1, -0.05) is 5.16 Å². The maximum absolute atomic E-state index is 10.3. The molecule has 0 bridgehead atoms. The van der Waals surface area contributed by atoms with Gasteiger partial charge in [0.05, 0.1) is 6.21 Å². The van der Waals surface area contributed by atoms with Crippen LogP contribution in [-0.4, -0.2) is 12.2 Å². The van der Waals surface area contributed by atoms with E-state index in [1.165, 1.54) is 13.1 Å². The number of nitrogens with zero attached hydrogens (tertiary/aromatic N) is 2. The van der Waals surface area contributed by atoms with Gasteiger partial charge in [-0.3, -0.25) is 0 Å². The van der Waals surface area contributed by atoms with Crippen LogP contribution in [0.3, 0.4) is 0 Å². The van der Waals surface area contributed by atoms with Crippen LogP contribution in [0.2, 0.25) is 0 Å². The van der Waals surface area contributed by atoms with E-state index in [1.807, 2.05) is 36.1 Å². The maximum Gasteiger partial charge on any atom is 0.331 e. The first kappa shape index (κ1) is 9.38. The zero-order valence-corrected chi connectivity index (χ0v) is 7.60. The molecule has 4 heteroatoms. The predicted octanol–water partition coefficient (Wildman–Crippen LogP) is 0.408. The molecule has 0 radical (unpaired) electrons. The molecule has 0 aliphatic rings. The summed E-state index contributed by atoms with van der Waals surface area (Å²) in [7, 11) is 1.92. The summed E-state index contributed by atoms with van der Waals surface area (Å²) < 4.78 is 1.91. The molecular weight excluding hydrogens is 168 g/mol. The summed E-state index contributed by atoms with van der Waals surface area (Å²) in [5, 5.41) is 3.49. The molecule has 0 aliphatic heterocycles. The third-order valence-electron chi connectivity index (χ3n) is 1.39. The second kappa shape index (κ2) is 4.35. The van der Waals surface area contributed by atoms with E-state index < -0.39 is 5.97 Å². The summed E-state index contributed by atoms with van der Waals surface area (Å²) in [5.74, 6) is -0.419. The molecule has 0 atom stereocenters. The minimum absolute atomic E-state index is 0.419. The molecule has 0 saturated heterocycles. The zero-order chi connectivity index (χ0) is 9.68. The van der Waals surface area contributed by atoms with Gasteiger partial charge in [-0.05, 0) is 0 Å². The Morgan fingerprint density at radius 3 is 2.69 bits per heavy atom. The fourth-order valence-corrected chi connectivity index (χ4v) is 0.760. The van der Waals surface area contributed by atoms with Gasteiger partial charge >= 0.3 is 5.97 Å². The van der Waals surface area contributed by atoms with Crippen LogP contribution in [0.25, 0.3) is 0 Å². The summed E-state index contributed by atoms with van der Waals surface area (Å²) in [6, 6.07) is 3.74. The molecule has 1 aromatic rings. The zero-order valence-electron chi connectivity index (χ0n) is 7.60. The molecule has 0 spiro atoms. The Morgan fingerprint density at radius 1 is 1.54 bits per heavy atom. The van der Waals surface area contributed by atoms with E-state index in [1.54, 1.807) is 0 Å². The van der Waals surface area contributed by atoms with Crippen LogP contribution in [0.15, 0.2) is 29.7 Å². The van der Waals surface area contributed by atoms with Gasteiger partial charge in [0.2, 0.25) is 0 Å². The summed E-state index contributed by atoms with van der Waals surface area (Å²) in [5.41, 5.74) is 0.888. The van der Waals surface area contributed by atoms with E-state index >= 15 is 0 Å². The van der Waals surface area contributed by atoms with Crippen molar-refractivity contribution in [2.45, 2.75) is 6.92 Å². The Hall–Kier alpha value is -1.71. The summed E-state index contributed by atoms with van der Waals surface area (Å²) in [6.07, 6.45) is 5.26. The van der Waals surface area contributed by atoms with Gasteiger partial charge in [0.1, 0.15) is 7.05 Å². The quantitative estimate of drug-likeness (QED) is 0.285. The number of aryl methyl sites for hydroxylation is 1. The van der Waals surface area contributed by atoms with Gasteiger partial charge in [0.25, 0.3) is 0 Å². The molecule has 4 nitrogen and oxygen atoms in total. The minimum atomic E-state index is -0.419. The van der Waals surface area contributed by atoms with Gasteiger partial charge in [-0.15, -0.1) is 0 Å². The summed E-state index contributed by atoms with van der Waals surface area (Å²) >= 11 is 0. The van der Waals surface area contributed by atoms with Crippen LogP contribution in [0, 0.1) is 0 Å². The van der Waals surface area contributed by atoms with Crippen LogP contribution in [0.5, 0.6) is 0 Å². The second-order valence-electron chi connectivity index (χ2n) is 2.61. The predicted molar refractivity (Wildman–Crippen MR) is 47.0 cm³/mol. The van der Waals surface area contributed by atoms with E-state index in [2.05, 4.69) is 9.99 Å². The average Bonchev–Trinajstić information content (AvgIpc) is 2.08. The van der Waals surface area contributed by atoms with Crippen LogP contribution < -0.4 is 4.57 Å². The van der Waals surface area contributed by atoms with Crippen LogP contribution >= 0.6 is 0 Å². The number of pyridine rings is 1. The molecule has 13 heavy (non-hydrogen) atoms. The number of aromatic nitrogens is 1. The van der Waals surface area contributed by atoms with E-state index in [0.29, 0.717) is 0 Å². The van der Waals surface area contributed by atoms with E-state index in [-0.39, 0.29) is 0 Å². The van der Waals surface area contributed by atoms with Crippen molar-refractivity contribution in [3.63, 3.8) is 0 Å². The lowest BCUT2D eigenvalue weighted by atomic mass is 10.3. The van der Waals surface area contributed by atoms with Crippen LogP contribution in [-0.2, 0) is 16.7 Å². The monoisotopic (exact) mass is 179 g/mol. The Bertz CT molecular complexity index is 317. The van der Waals surface area contributed by atoms with Crippen LogP contribution in [0.1, 0.15) is 12.5 Å². The number of hydrogen-bond acceptors (Lipinski definition) is 3. The molecule has 0 amide bonds. The fraction of sp³-hybridized carbons (Fsp3) is 0.222. The average molecular weight is 179 g/mol. The SMILES string of the molecule is CC(=O)ON=Cc1cc[n+](C)cc1. The first-order valence-corrected chi connectivity index (χ1v) is 3.85. The number of rotatable bonds is 2. The highest BCUT2D eigenvalue weighted by atomic mass is 16.7. The molecule has 0 aromatic carbocycles. The van der Waals surface area contributed by atoms with Crippen molar-refractivity contribution < 1.29 is 14.2 Å². The normalized spacial score (nSPS) is 10.3. The highest BCUT2D eigenvalue weighted by Gasteiger charge is 1.92. The Morgan fingerprint density at radius 2 is 2.15 bits per heavy atom. The van der Waals surface area contributed by atoms with E-state index in [9.17, 15) is 4.79 Å². The van der Waals surface area contributed by atoms with Crippen molar-refractivity contribution in [3.05, 3.63) is 30.1 Å². The second-order valence-corrected chi connectivity index (χ2v) is 2.61. The number of hydrogen-bond donors (Lipinski definition) is 0. The van der Waals surface area contributed by atoms with Crippen molar-refractivity contribution in [2.24, 2.45) is 12.2 Å². The molecule has 1 heterocycles. The van der Waals surface area contributed by atoms with Crippen molar-refractivity contribution >= 4 is 12.2 Å². The lowest BCUT2D eigenvalue weighted by Crippen LogP contribution is -2.25. The van der Waals surface area contributed by atoms with Crippen LogP contribution in [0.4, 0.5) is 0 Å². The molecule has 0 N–H and O–H groups in total. The van der Waals surface area contributed by atoms with Crippen molar-refractivity contribution in [2.75, 3.05) is 0 Å². The van der Waals surface area contributed by atoms with Crippen molar-refractivity contribution in [3.8, 4) is 0 Å². The molecule has 0 saturated carbocycles. The highest BCUT2D eigenvalue weighted by Crippen LogP contribution is 1.90. The Labute approximate surface area is 76.4 Å². The maximum atomic E-state index is 10.3. The van der Waals surface area contributed by atoms with Gasteiger partial charge < -0.3 is 4.84 Å². The van der Waals surface area contributed by atoms with Gasteiger partial charge in [-0.2, -0.15) is 0 Å². The molecule has 0 fully saturated rings. The number of carbonyl (C=O) groups excluding carboxylic acids is 1. The van der Waals surface area contributed by atoms with Crippen molar-refractivity contribution in [1.29, 1.82) is 0 Å². The van der Waals surface area contributed by atoms with Gasteiger partial charge in [-0.25, -0.2) is 9.36 Å². The summed E-state index contributed by atoms with van der Waals surface area (Å²) in [6.45, 7) is 1.31. The molecule has 1 aromatic heterocycles. The van der Waals surface area contributed by atoms with Gasteiger partial charge in [0.15, 0.2) is 12.4 Å². The first-order chi connectivity index (χ1) is 6.18. The number of oxime groups is 1. The summed E-state index contributed by atoms with van der Waals surface area (Å²) in [4.78, 5) is 14.7. The third kappa shape index (κ3) is 3.46. The fourth-order valence-electron chi connectivity index (χ4n) is 0.760. The Balaban J connectivity index is 2.59. The third-order valence-corrected chi connectivity index (χ3v) is 1.39. The topological polar surface area (TPSA) is 42.5 Å². The molecule has 68 valence electrons. The number of carbonyl (C=O) groups is 1. The smallest absolute Gasteiger partial charge is 0.319 e. The lowest BCUT2D eigenvalue weighted by molar-refractivity contribution is -0.671. The Kier molecular flexibility index (Phi) is 3.14. The minimum Gasteiger partial charge on any atom is -0.319 e. The molecule has 1 rings (SSSR count). The standard InChI is InChI=1S/C9H11N2O2/c1-8(12)13-10-7-9-3-5-11(2)6-4-9/h3-7H,1-2H3/q+1. The molecule has 0 aliphatic carbocycles. The molecule has 0 unspecified atom stereocenters. The lowest BCUT2D eigenvalue weighted by Gasteiger charge is -1.90. The first-order valence-electron chi connectivity index (χ1n) is 3.85.